The number of benzene rings is 1. The highest BCUT2D eigenvalue weighted by Gasteiger charge is 2.45. The molecule has 1 amide bonds. The molecule has 0 saturated heterocycles. The molecule has 1 aromatic rings. The van der Waals surface area contributed by atoms with Crippen LogP contribution in [0.25, 0.3) is 0 Å². The van der Waals surface area contributed by atoms with E-state index in [0.717, 1.165) is 6.42 Å². The highest BCUT2D eigenvalue weighted by Crippen LogP contribution is 2.50. The Morgan fingerprint density at radius 2 is 1.95 bits per heavy atom. The summed E-state index contributed by atoms with van der Waals surface area (Å²) in [5, 5.41) is 14.4. The molecule has 1 atom stereocenters. The van der Waals surface area contributed by atoms with E-state index >= 15 is 0 Å². The van der Waals surface area contributed by atoms with Crippen molar-refractivity contribution >= 4 is 11.7 Å². The minimum atomic E-state index is -0.0891. The Labute approximate surface area is 112 Å². The largest absolute Gasteiger partial charge is 0.409 e. The Balaban J connectivity index is 1.93. The molecule has 102 valence electrons. The number of nitrogens with two attached hydrogens (primary N) is 1. The second-order valence-corrected chi connectivity index (χ2v) is 5.66. The fourth-order valence-electron chi connectivity index (χ4n) is 2.09. The van der Waals surface area contributed by atoms with Gasteiger partial charge in [-0.1, -0.05) is 31.1 Å². The van der Waals surface area contributed by atoms with Crippen LogP contribution in [0, 0.1) is 11.3 Å². The number of oxime groups is 1. The van der Waals surface area contributed by atoms with Gasteiger partial charge in [-0.25, -0.2) is 0 Å². The van der Waals surface area contributed by atoms with Gasteiger partial charge in [-0.2, -0.15) is 0 Å². The molecule has 1 aliphatic rings. The van der Waals surface area contributed by atoms with E-state index < -0.39 is 0 Å². The summed E-state index contributed by atoms with van der Waals surface area (Å²) in [6.07, 6.45) is 1.16. The van der Waals surface area contributed by atoms with Crippen LogP contribution in [0.1, 0.15) is 36.2 Å². The van der Waals surface area contributed by atoms with E-state index in [4.69, 9.17) is 10.9 Å². The zero-order chi connectivity index (χ0) is 14.0. The fraction of sp³-hybridized carbons (Fsp3) is 0.429. The molecule has 1 unspecified atom stereocenters. The van der Waals surface area contributed by atoms with Crippen molar-refractivity contribution in [2.24, 2.45) is 22.2 Å². The number of nitrogens with one attached hydrogen (secondary N) is 1. The minimum Gasteiger partial charge on any atom is -0.409 e. The topological polar surface area (TPSA) is 87.7 Å². The zero-order valence-electron chi connectivity index (χ0n) is 11.2. The summed E-state index contributed by atoms with van der Waals surface area (Å²) in [5.74, 6) is 0.522. The Hall–Kier alpha value is -2.04. The molecule has 5 heteroatoms. The van der Waals surface area contributed by atoms with E-state index in [1.807, 2.05) is 0 Å². The number of amidine groups is 1. The van der Waals surface area contributed by atoms with Gasteiger partial charge in [-0.05, 0) is 29.9 Å². The van der Waals surface area contributed by atoms with Gasteiger partial charge in [0.25, 0.3) is 5.91 Å². The van der Waals surface area contributed by atoms with Crippen LogP contribution in [0.5, 0.6) is 0 Å². The molecule has 4 N–H and O–H groups in total. The van der Waals surface area contributed by atoms with Crippen LogP contribution in [0.3, 0.4) is 0 Å². The van der Waals surface area contributed by atoms with Crippen LogP contribution in [-0.4, -0.2) is 23.5 Å². The van der Waals surface area contributed by atoms with Crippen LogP contribution in [0.2, 0.25) is 0 Å². The average molecular weight is 261 g/mol. The highest BCUT2D eigenvalue weighted by atomic mass is 16.4. The molecule has 5 nitrogen and oxygen atoms in total. The van der Waals surface area contributed by atoms with Gasteiger partial charge >= 0.3 is 0 Å². The third kappa shape index (κ3) is 3.05. The van der Waals surface area contributed by atoms with Gasteiger partial charge in [0.1, 0.15) is 0 Å². The molecule has 19 heavy (non-hydrogen) atoms. The van der Waals surface area contributed by atoms with E-state index in [1.165, 1.54) is 0 Å². The molecule has 1 aliphatic carbocycles. The van der Waals surface area contributed by atoms with Gasteiger partial charge in [-0.15, -0.1) is 0 Å². The maximum absolute atomic E-state index is 11.9. The summed E-state index contributed by atoms with van der Waals surface area (Å²) >= 11 is 0. The third-order valence-electron chi connectivity index (χ3n) is 3.78. The van der Waals surface area contributed by atoms with Gasteiger partial charge in [0.05, 0.1) is 0 Å². The Morgan fingerprint density at radius 1 is 1.42 bits per heavy atom. The van der Waals surface area contributed by atoms with E-state index in [2.05, 4.69) is 24.3 Å². The molecule has 0 spiro atoms. The first-order valence-corrected chi connectivity index (χ1v) is 6.30. The molecule has 0 aromatic heterocycles. The Bertz CT molecular complexity index is 506. The molecule has 0 bridgehead atoms. The summed E-state index contributed by atoms with van der Waals surface area (Å²) in [4.78, 5) is 11.9. The summed E-state index contributed by atoms with van der Waals surface area (Å²) in [6, 6.07) is 6.65. The van der Waals surface area contributed by atoms with Crippen LogP contribution in [0.4, 0.5) is 0 Å². The zero-order valence-corrected chi connectivity index (χ0v) is 11.2. The number of carbonyl (C=O) groups excluding carboxylic acids is 1. The van der Waals surface area contributed by atoms with Gasteiger partial charge in [0, 0.05) is 17.7 Å². The number of amides is 1. The summed E-state index contributed by atoms with van der Waals surface area (Å²) in [6.45, 7) is 5.12. The lowest BCUT2D eigenvalue weighted by atomic mass is 10.1. The number of hydrogen-bond donors (Lipinski definition) is 3. The smallest absolute Gasteiger partial charge is 0.251 e. The van der Waals surface area contributed by atoms with E-state index in [-0.39, 0.29) is 11.7 Å². The molecular weight excluding hydrogens is 242 g/mol. The SMILES string of the molecule is CC1(C)CC1CNC(=O)c1ccc(/C(N)=N/O)cc1. The first-order chi connectivity index (χ1) is 8.94. The molecule has 2 rings (SSSR count). The summed E-state index contributed by atoms with van der Waals surface area (Å²) < 4.78 is 0. The van der Waals surface area contributed by atoms with Gasteiger partial charge in [0.15, 0.2) is 5.84 Å². The van der Waals surface area contributed by atoms with E-state index in [0.29, 0.717) is 29.0 Å². The Kier molecular flexibility index (Phi) is 3.46. The third-order valence-corrected chi connectivity index (χ3v) is 3.78. The standard InChI is InChI=1S/C14H19N3O2/c1-14(2)7-11(14)8-16-13(18)10-5-3-9(4-6-10)12(15)17-19/h3-6,11,19H,7-8H2,1-2H3,(H2,15,17)(H,16,18). The van der Waals surface area contributed by atoms with Crippen LogP contribution >= 0.6 is 0 Å². The van der Waals surface area contributed by atoms with E-state index in [9.17, 15) is 4.79 Å². The van der Waals surface area contributed by atoms with Crippen molar-refractivity contribution in [2.45, 2.75) is 20.3 Å². The summed E-state index contributed by atoms with van der Waals surface area (Å²) in [7, 11) is 0. The molecule has 0 aliphatic heterocycles. The fourth-order valence-corrected chi connectivity index (χ4v) is 2.09. The van der Waals surface area contributed by atoms with Crippen molar-refractivity contribution < 1.29 is 10.0 Å². The van der Waals surface area contributed by atoms with Crippen molar-refractivity contribution in [3.63, 3.8) is 0 Å². The van der Waals surface area contributed by atoms with E-state index in [1.54, 1.807) is 24.3 Å². The van der Waals surface area contributed by atoms with Crippen molar-refractivity contribution in [3.05, 3.63) is 35.4 Å². The lowest BCUT2D eigenvalue weighted by Crippen LogP contribution is -2.26. The van der Waals surface area contributed by atoms with Crippen LogP contribution < -0.4 is 11.1 Å². The second-order valence-electron chi connectivity index (χ2n) is 5.66. The maximum atomic E-state index is 11.9. The predicted molar refractivity (Wildman–Crippen MR) is 73.2 cm³/mol. The second kappa shape index (κ2) is 4.91. The lowest BCUT2D eigenvalue weighted by molar-refractivity contribution is 0.0950. The maximum Gasteiger partial charge on any atom is 0.251 e. The number of rotatable bonds is 4. The quantitative estimate of drug-likeness (QED) is 0.332. The average Bonchev–Trinajstić information content (AvgIpc) is 3.03. The molecule has 1 aromatic carbocycles. The van der Waals surface area contributed by atoms with Crippen molar-refractivity contribution in [2.75, 3.05) is 6.54 Å². The predicted octanol–water partition coefficient (Wildman–Crippen LogP) is 1.56. The molecular formula is C14H19N3O2. The Morgan fingerprint density at radius 3 is 2.42 bits per heavy atom. The van der Waals surface area contributed by atoms with Crippen molar-refractivity contribution in [3.8, 4) is 0 Å². The highest BCUT2D eigenvalue weighted by molar-refractivity contribution is 5.99. The lowest BCUT2D eigenvalue weighted by Gasteiger charge is -2.07. The first kappa shape index (κ1) is 13.4. The number of nitrogens with zero attached hydrogens (tertiary/aromatic N) is 1. The number of hydrogen-bond acceptors (Lipinski definition) is 3. The molecule has 1 saturated carbocycles. The van der Waals surface area contributed by atoms with Crippen molar-refractivity contribution in [1.29, 1.82) is 0 Å². The van der Waals surface area contributed by atoms with Gasteiger partial charge in [-0.3, -0.25) is 4.79 Å². The minimum absolute atomic E-state index is 0.0340. The first-order valence-electron chi connectivity index (χ1n) is 6.30. The normalized spacial score (nSPS) is 20.9. The van der Waals surface area contributed by atoms with Crippen LogP contribution in [0.15, 0.2) is 29.4 Å². The van der Waals surface area contributed by atoms with Gasteiger partial charge < -0.3 is 16.3 Å². The van der Waals surface area contributed by atoms with Crippen molar-refractivity contribution in [1.82, 2.24) is 5.32 Å². The monoisotopic (exact) mass is 261 g/mol. The summed E-state index contributed by atoms with van der Waals surface area (Å²) in [5.41, 5.74) is 6.98. The molecule has 0 heterocycles. The molecule has 1 fully saturated rings. The molecule has 0 radical (unpaired) electrons. The van der Waals surface area contributed by atoms with Gasteiger partial charge in [0.2, 0.25) is 0 Å². The number of carbonyl (C=O) groups is 1. The van der Waals surface area contributed by atoms with Crippen LogP contribution in [-0.2, 0) is 0 Å².